The van der Waals surface area contributed by atoms with Crippen LogP contribution in [0.1, 0.15) is 12.5 Å². The van der Waals surface area contributed by atoms with Gasteiger partial charge in [0.25, 0.3) is 5.69 Å². The van der Waals surface area contributed by atoms with Crippen LogP contribution in [-0.4, -0.2) is 32.4 Å². The van der Waals surface area contributed by atoms with Gasteiger partial charge in [0.1, 0.15) is 7.11 Å². The van der Waals surface area contributed by atoms with Gasteiger partial charge in [0, 0.05) is 12.3 Å². The number of rotatable bonds is 4. The van der Waals surface area contributed by atoms with Crippen LogP contribution in [0.25, 0.3) is 0 Å². The Morgan fingerprint density at radius 2 is 2.06 bits per heavy atom. The van der Waals surface area contributed by atoms with Gasteiger partial charge in [0.2, 0.25) is 0 Å². The predicted molar refractivity (Wildman–Crippen MR) is 65.4 cm³/mol. The normalized spacial score (nSPS) is 12.3. The van der Waals surface area contributed by atoms with Crippen molar-refractivity contribution < 1.29 is 18.2 Å². The SMILES string of the molecule is CO/N=C(\C)c1ccc(S(C)(=O)=O)cc1[N+](=O)[O-]. The van der Waals surface area contributed by atoms with E-state index in [2.05, 4.69) is 9.99 Å². The fourth-order valence-electron chi connectivity index (χ4n) is 1.39. The standard InChI is InChI=1S/C10H12N2O5S/c1-7(11-17-2)9-5-4-8(18(3,15)16)6-10(9)12(13)14/h4-6H,1-3H3/b11-7+. The first-order chi connectivity index (χ1) is 8.27. The van der Waals surface area contributed by atoms with E-state index in [-0.39, 0.29) is 16.1 Å². The molecule has 7 nitrogen and oxygen atoms in total. The van der Waals surface area contributed by atoms with E-state index in [1.54, 1.807) is 0 Å². The van der Waals surface area contributed by atoms with Crippen LogP contribution < -0.4 is 0 Å². The fourth-order valence-corrected chi connectivity index (χ4v) is 2.03. The van der Waals surface area contributed by atoms with Gasteiger partial charge < -0.3 is 4.84 Å². The smallest absolute Gasteiger partial charge is 0.279 e. The molecule has 0 N–H and O–H groups in total. The van der Waals surface area contributed by atoms with Crippen molar-refractivity contribution in [2.75, 3.05) is 13.4 Å². The maximum absolute atomic E-state index is 11.3. The number of sulfone groups is 1. The molecule has 0 aromatic heterocycles. The highest BCUT2D eigenvalue weighted by Crippen LogP contribution is 2.23. The van der Waals surface area contributed by atoms with Crippen LogP contribution in [0.4, 0.5) is 5.69 Å². The maximum atomic E-state index is 11.3. The molecule has 0 atom stereocenters. The van der Waals surface area contributed by atoms with Crippen molar-refractivity contribution in [1.29, 1.82) is 0 Å². The Kier molecular flexibility index (Phi) is 4.02. The number of nitrogens with zero attached hydrogens (tertiary/aromatic N) is 2. The molecule has 1 aromatic rings. The lowest BCUT2D eigenvalue weighted by Gasteiger charge is -2.04. The van der Waals surface area contributed by atoms with Crippen molar-refractivity contribution in [1.82, 2.24) is 0 Å². The van der Waals surface area contributed by atoms with Gasteiger partial charge in [-0.2, -0.15) is 0 Å². The highest BCUT2D eigenvalue weighted by molar-refractivity contribution is 7.90. The van der Waals surface area contributed by atoms with Gasteiger partial charge in [-0.05, 0) is 19.1 Å². The van der Waals surface area contributed by atoms with Crippen LogP contribution in [0.15, 0.2) is 28.3 Å². The highest BCUT2D eigenvalue weighted by atomic mass is 32.2. The minimum absolute atomic E-state index is 0.108. The first-order valence-electron chi connectivity index (χ1n) is 4.84. The van der Waals surface area contributed by atoms with Crippen molar-refractivity contribution in [3.8, 4) is 0 Å². The molecule has 1 aromatic carbocycles. The summed E-state index contributed by atoms with van der Waals surface area (Å²) in [4.78, 5) is 14.7. The van der Waals surface area contributed by atoms with Gasteiger partial charge in [0.05, 0.1) is 21.1 Å². The van der Waals surface area contributed by atoms with Crippen LogP contribution >= 0.6 is 0 Å². The molecular weight excluding hydrogens is 260 g/mol. The topological polar surface area (TPSA) is 98.9 Å². The molecule has 0 aliphatic rings. The minimum atomic E-state index is -3.49. The number of hydrogen-bond acceptors (Lipinski definition) is 6. The summed E-state index contributed by atoms with van der Waals surface area (Å²) in [5.41, 5.74) is 0.190. The lowest BCUT2D eigenvalue weighted by Crippen LogP contribution is -2.05. The van der Waals surface area contributed by atoms with Crippen LogP contribution in [0.3, 0.4) is 0 Å². The minimum Gasteiger partial charge on any atom is -0.399 e. The van der Waals surface area contributed by atoms with Crippen LogP contribution in [0.5, 0.6) is 0 Å². The summed E-state index contributed by atoms with van der Waals surface area (Å²) in [6.07, 6.45) is 0.988. The molecule has 0 saturated carbocycles. The second-order valence-electron chi connectivity index (χ2n) is 3.57. The maximum Gasteiger partial charge on any atom is 0.279 e. The van der Waals surface area contributed by atoms with E-state index in [9.17, 15) is 18.5 Å². The highest BCUT2D eigenvalue weighted by Gasteiger charge is 2.20. The number of nitro benzene ring substituents is 1. The monoisotopic (exact) mass is 272 g/mol. The summed E-state index contributed by atoms with van der Waals surface area (Å²) in [5, 5.41) is 14.5. The molecule has 0 spiro atoms. The van der Waals surface area contributed by atoms with E-state index in [4.69, 9.17) is 0 Å². The Bertz CT molecular complexity index is 607. The zero-order valence-corrected chi connectivity index (χ0v) is 10.9. The van der Waals surface area contributed by atoms with Gasteiger partial charge in [-0.25, -0.2) is 8.42 Å². The van der Waals surface area contributed by atoms with E-state index in [0.717, 1.165) is 12.3 Å². The number of nitro groups is 1. The van der Waals surface area contributed by atoms with E-state index in [0.29, 0.717) is 5.71 Å². The molecule has 0 saturated heterocycles. The first-order valence-corrected chi connectivity index (χ1v) is 6.73. The largest absolute Gasteiger partial charge is 0.399 e. The molecule has 0 bridgehead atoms. The van der Waals surface area contributed by atoms with Gasteiger partial charge in [-0.1, -0.05) is 5.16 Å². The molecule has 0 aliphatic carbocycles. The Morgan fingerprint density at radius 1 is 1.44 bits per heavy atom. The molecule has 0 unspecified atom stereocenters. The third kappa shape index (κ3) is 3.04. The van der Waals surface area contributed by atoms with Crippen molar-refractivity contribution in [2.45, 2.75) is 11.8 Å². The second-order valence-corrected chi connectivity index (χ2v) is 5.58. The zero-order chi connectivity index (χ0) is 13.9. The van der Waals surface area contributed by atoms with Crippen LogP contribution in [0.2, 0.25) is 0 Å². The molecule has 98 valence electrons. The lowest BCUT2D eigenvalue weighted by atomic mass is 10.1. The van der Waals surface area contributed by atoms with Crippen molar-refractivity contribution in [2.24, 2.45) is 5.16 Å². The van der Waals surface area contributed by atoms with E-state index < -0.39 is 14.8 Å². The molecule has 18 heavy (non-hydrogen) atoms. The molecule has 0 aliphatic heterocycles. The summed E-state index contributed by atoms with van der Waals surface area (Å²) in [7, 11) is -2.17. The third-order valence-corrected chi connectivity index (χ3v) is 3.32. The van der Waals surface area contributed by atoms with Gasteiger partial charge in [0.15, 0.2) is 9.84 Å². The molecule has 0 radical (unpaired) electrons. The number of oxime groups is 1. The predicted octanol–water partition coefficient (Wildman–Crippen LogP) is 1.37. The first kappa shape index (κ1) is 14.1. The van der Waals surface area contributed by atoms with Crippen molar-refractivity contribution in [3.63, 3.8) is 0 Å². The van der Waals surface area contributed by atoms with Crippen molar-refractivity contribution in [3.05, 3.63) is 33.9 Å². The number of benzene rings is 1. The summed E-state index contributed by atoms with van der Waals surface area (Å²) in [6.45, 7) is 1.53. The lowest BCUT2D eigenvalue weighted by molar-refractivity contribution is -0.385. The molecule has 0 fully saturated rings. The number of hydrogen-bond donors (Lipinski definition) is 0. The molecule has 0 amide bonds. The molecule has 1 rings (SSSR count). The Hall–Kier alpha value is -1.96. The Balaban J connectivity index is 3.48. The quantitative estimate of drug-likeness (QED) is 0.468. The van der Waals surface area contributed by atoms with E-state index in [1.165, 1.54) is 26.2 Å². The Labute approximate surface area is 104 Å². The summed E-state index contributed by atoms with van der Waals surface area (Å²) < 4.78 is 22.7. The zero-order valence-electron chi connectivity index (χ0n) is 10.1. The summed E-state index contributed by atoms with van der Waals surface area (Å²) in [5.74, 6) is 0. The molecule has 8 heteroatoms. The summed E-state index contributed by atoms with van der Waals surface area (Å²) in [6, 6.07) is 3.65. The molecular formula is C10H12N2O5S. The van der Waals surface area contributed by atoms with Gasteiger partial charge >= 0.3 is 0 Å². The second kappa shape index (κ2) is 5.13. The van der Waals surface area contributed by atoms with E-state index >= 15 is 0 Å². The van der Waals surface area contributed by atoms with Crippen LogP contribution in [0, 0.1) is 10.1 Å². The van der Waals surface area contributed by atoms with Crippen molar-refractivity contribution >= 4 is 21.2 Å². The average Bonchev–Trinajstić information content (AvgIpc) is 2.27. The fraction of sp³-hybridized carbons (Fsp3) is 0.300. The van der Waals surface area contributed by atoms with Gasteiger partial charge in [-0.15, -0.1) is 0 Å². The van der Waals surface area contributed by atoms with Crippen LogP contribution in [-0.2, 0) is 14.7 Å². The molecule has 0 heterocycles. The third-order valence-electron chi connectivity index (χ3n) is 2.21. The van der Waals surface area contributed by atoms with E-state index in [1.807, 2.05) is 0 Å². The average molecular weight is 272 g/mol. The van der Waals surface area contributed by atoms with Gasteiger partial charge in [-0.3, -0.25) is 10.1 Å². The summed E-state index contributed by atoms with van der Waals surface area (Å²) >= 11 is 0. The Morgan fingerprint density at radius 3 is 2.50 bits per heavy atom.